The number of benzene rings is 1. The molecule has 6 nitrogen and oxygen atoms in total. The van der Waals surface area contributed by atoms with E-state index in [-0.39, 0.29) is 24.3 Å². The predicted octanol–water partition coefficient (Wildman–Crippen LogP) is 2.08. The SMILES string of the molecule is O=C(NC1CC1)c1n[nH]c2c1CN(C(=O)Cc1ccccc1Cl)CC2. The number of hydrogen-bond acceptors (Lipinski definition) is 3. The van der Waals surface area contributed by atoms with Crippen LogP contribution >= 0.6 is 11.6 Å². The fourth-order valence-corrected chi connectivity index (χ4v) is 3.30. The molecule has 2 amide bonds. The summed E-state index contributed by atoms with van der Waals surface area (Å²) in [5.74, 6) is -0.145. The highest BCUT2D eigenvalue weighted by Crippen LogP contribution is 2.24. The number of aromatic nitrogens is 2. The van der Waals surface area contributed by atoms with Crippen LogP contribution in [0.3, 0.4) is 0 Å². The van der Waals surface area contributed by atoms with Crippen LogP contribution in [0.1, 0.15) is 40.2 Å². The number of nitrogens with one attached hydrogen (secondary N) is 2. The van der Waals surface area contributed by atoms with E-state index in [1.807, 2.05) is 18.2 Å². The summed E-state index contributed by atoms with van der Waals surface area (Å²) in [6.07, 6.45) is 2.99. The Hall–Kier alpha value is -2.34. The second-order valence-corrected chi connectivity index (χ2v) is 7.02. The summed E-state index contributed by atoms with van der Waals surface area (Å²) in [6, 6.07) is 7.65. The summed E-state index contributed by atoms with van der Waals surface area (Å²) in [5.41, 5.74) is 3.01. The standard InChI is InChI=1S/C18H19ClN4O2/c19-14-4-2-1-3-11(14)9-16(24)23-8-7-15-13(10-23)17(22-21-15)18(25)20-12-5-6-12/h1-4,12H,5-10H2,(H,20,25)(H,21,22). The highest BCUT2D eigenvalue weighted by atomic mass is 35.5. The molecular weight excluding hydrogens is 340 g/mol. The van der Waals surface area contributed by atoms with Gasteiger partial charge in [-0.15, -0.1) is 0 Å². The predicted molar refractivity (Wildman–Crippen MR) is 93.4 cm³/mol. The Labute approximate surface area is 150 Å². The summed E-state index contributed by atoms with van der Waals surface area (Å²) in [6.45, 7) is 1.02. The number of hydrogen-bond donors (Lipinski definition) is 2. The van der Waals surface area contributed by atoms with E-state index in [0.717, 1.165) is 29.7 Å². The topological polar surface area (TPSA) is 78.1 Å². The highest BCUT2D eigenvalue weighted by molar-refractivity contribution is 6.31. The first-order valence-electron chi connectivity index (χ1n) is 8.50. The van der Waals surface area contributed by atoms with Crippen molar-refractivity contribution in [3.05, 3.63) is 51.8 Å². The van der Waals surface area contributed by atoms with Crippen LogP contribution in [0.5, 0.6) is 0 Å². The normalized spacial score (nSPS) is 16.4. The Morgan fingerprint density at radius 1 is 1.32 bits per heavy atom. The van der Waals surface area contributed by atoms with Gasteiger partial charge in [-0.1, -0.05) is 29.8 Å². The molecular formula is C18H19ClN4O2. The number of fused-ring (bicyclic) bond motifs is 1. The molecule has 1 saturated carbocycles. The Morgan fingerprint density at radius 2 is 2.12 bits per heavy atom. The molecule has 4 rings (SSSR count). The van der Waals surface area contributed by atoms with Crippen molar-refractivity contribution in [2.45, 2.75) is 38.3 Å². The van der Waals surface area contributed by atoms with E-state index >= 15 is 0 Å². The molecule has 1 aliphatic carbocycles. The fourth-order valence-electron chi connectivity index (χ4n) is 3.09. The van der Waals surface area contributed by atoms with Crippen LogP contribution in [-0.4, -0.2) is 39.5 Å². The van der Waals surface area contributed by atoms with Crippen LogP contribution in [0.25, 0.3) is 0 Å². The first-order chi connectivity index (χ1) is 12.1. The van der Waals surface area contributed by atoms with Crippen molar-refractivity contribution >= 4 is 23.4 Å². The summed E-state index contributed by atoms with van der Waals surface area (Å²) < 4.78 is 0. The lowest BCUT2D eigenvalue weighted by Crippen LogP contribution is -2.38. The van der Waals surface area contributed by atoms with Crippen LogP contribution in [0.2, 0.25) is 5.02 Å². The van der Waals surface area contributed by atoms with E-state index in [1.54, 1.807) is 11.0 Å². The smallest absolute Gasteiger partial charge is 0.272 e. The molecule has 0 atom stereocenters. The lowest BCUT2D eigenvalue weighted by Gasteiger charge is -2.27. The zero-order valence-electron chi connectivity index (χ0n) is 13.7. The van der Waals surface area contributed by atoms with E-state index in [1.165, 1.54) is 0 Å². The van der Waals surface area contributed by atoms with Gasteiger partial charge in [-0.2, -0.15) is 5.10 Å². The van der Waals surface area contributed by atoms with Crippen molar-refractivity contribution < 1.29 is 9.59 Å². The van der Waals surface area contributed by atoms with Crippen LogP contribution in [0.15, 0.2) is 24.3 Å². The Bertz CT molecular complexity index is 828. The minimum Gasteiger partial charge on any atom is -0.348 e. The summed E-state index contributed by atoms with van der Waals surface area (Å²) >= 11 is 6.15. The molecule has 2 heterocycles. The van der Waals surface area contributed by atoms with Gasteiger partial charge in [-0.25, -0.2) is 0 Å². The molecule has 2 aliphatic rings. The molecule has 2 aromatic rings. The van der Waals surface area contributed by atoms with Gasteiger partial charge in [0, 0.05) is 41.8 Å². The van der Waals surface area contributed by atoms with E-state index in [2.05, 4.69) is 15.5 Å². The largest absolute Gasteiger partial charge is 0.348 e. The average molecular weight is 359 g/mol. The number of nitrogens with zero attached hydrogens (tertiary/aromatic N) is 2. The van der Waals surface area contributed by atoms with Crippen LogP contribution < -0.4 is 5.32 Å². The van der Waals surface area contributed by atoms with Gasteiger partial charge in [0.15, 0.2) is 5.69 Å². The summed E-state index contributed by atoms with van der Waals surface area (Å²) in [5, 5.41) is 10.7. The number of H-pyrrole nitrogens is 1. The zero-order chi connectivity index (χ0) is 17.4. The second-order valence-electron chi connectivity index (χ2n) is 6.61. The molecule has 0 radical (unpaired) electrons. The van der Waals surface area contributed by atoms with Crippen molar-refractivity contribution in [2.24, 2.45) is 0 Å². The third-order valence-corrected chi connectivity index (χ3v) is 5.08. The van der Waals surface area contributed by atoms with Crippen molar-refractivity contribution in [3.8, 4) is 0 Å². The molecule has 0 bridgehead atoms. The van der Waals surface area contributed by atoms with Gasteiger partial charge in [0.05, 0.1) is 6.42 Å². The molecule has 1 aliphatic heterocycles. The Kier molecular flexibility index (Phi) is 4.21. The van der Waals surface area contributed by atoms with Crippen LogP contribution in [-0.2, 0) is 24.2 Å². The van der Waals surface area contributed by atoms with Gasteiger partial charge in [-0.05, 0) is 24.5 Å². The third kappa shape index (κ3) is 3.39. The van der Waals surface area contributed by atoms with Gasteiger partial charge in [0.1, 0.15) is 0 Å². The van der Waals surface area contributed by atoms with Gasteiger partial charge in [-0.3, -0.25) is 14.7 Å². The molecule has 0 unspecified atom stereocenters. The molecule has 1 aromatic heterocycles. The molecule has 2 N–H and O–H groups in total. The van der Waals surface area contributed by atoms with Gasteiger partial charge in [0.25, 0.3) is 5.91 Å². The van der Waals surface area contributed by atoms with E-state index in [9.17, 15) is 9.59 Å². The van der Waals surface area contributed by atoms with Crippen molar-refractivity contribution in [3.63, 3.8) is 0 Å². The number of aromatic amines is 1. The number of carbonyl (C=O) groups excluding carboxylic acids is 2. The van der Waals surface area contributed by atoms with Crippen molar-refractivity contribution in [1.82, 2.24) is 20.4 Å². The first-order valence-corrected chi connectivity index (χ1v) is 8.88. The van der Waals surface area contributed by atoms with Crippen LogP contribution in [0.4, 0.5) is 0 Å². The van der Waals surface area contributed by atoms with E-state index < -0.39 is 0 Å². The number of halogens is 1. The van der Waals surface area contributed by atoms with Gasteiger partial charge >= 0.3 is 0 Å². The quantitative estimate of drug-likeness (QED) is 0.878. The first kappa shape index (κ1) is 16.1. The lowest BCUT2D eigenvalue weighted by atomic mass is 10.0. The third-order valence-electron chi connectivity index (χ3n) is 4.71. The van der Waals surface area contributed by atoms with Gasteiger partial charge < -0.3 is 10.2 Å². The summed E-state index contributed by atoms with van der Waals surface area (Å²) in [4.78, 5) is 26.8. The number of rotatable bonds is 4. The molecule has 1 fully saturated rings. The highest BCUT2D eigenvalue weighted by Gasteiger charge is 2.30. The molecule has 0 spiro atoms. The van der Waals surface area contributed by atoms with E-state index in [4.69, 9.17) is 11.6 Å². The summed E-state index contributed by atoms with van der Waals surface area (Å²) in [7, 11) is 0. The van der Waals surface area contributed by atoms with Crippen LogP contribution in [0, 0.1) is 0 Å². The molecule has 25 heavy (non-hydrogen) atoms. The van der Waals surface area contributed by atoms with Crippen molar-refractivity contribution in [2.75, 3.05) is 6.54 Å². The minimum absolute atomic E-state index is 0.00787. The molecule has 1 aromatic carbocycles. The fraction of sp³-hybridized carbons (Fsp3) is 0.389. The molecule has 130 valence electrons. The second kappa shape index (κ2) is 6.52. The molecule has 7 heteroatoms. The van der Waals surface area contributed by atoms with Gasteiger partial charge in [0.2, 0.25) is 5.91 Å². The molecule has 0 saturated heterocycles. The maximum absolute atomic E-state index is 12.7. The Morgan fingerprint density at radius 3 is 2.88 bits per heavy atom. The minimum atomic E-state index is -0.152. The Balaban J connectivity index is 1.48. The maximum atomic E-state index is 12.7. The maximum Gasteiger partial charge on any atom is 0.272 e. The number of carbonyl (C=O) groups is 2. The average Bonchev–Trinajstić information content (AvgIpc) is 3.32. The number of amides is 2. The monoisotopic (exact) mass is 358 g/mol. The van der Waals surface area contributed by atoms with Crippen molar-refractivity contribution in [1.29, 1.82) is 0 Å². The zero-order valence-corrected chi connectivity index (χ0v) is 14.5. The lowest BCUT2D eigenvalue weighted by molar-refractivity contribution is -0.131. The van der Waals surface area contributed by atoms with E-state index in [0.29, 0.717) is 30.2 Å².